The number of fused-ring (bicyclic) bond motifs is 1. The van der Waals surface area contributed by atoms with E-state index in [0.717, 1.165) is 22.9 Å². The van der Waals surface area contributed by atoms with Crippen molar-refractivity contribution in [1.29, 1.82) is 0 Å². The van der Waals surface area contributed by atoms with E-state index in [1.54, 1.807) is 6.07 Å². The number of hydrazine groups is 1. The number of hydrogen-bond acceptors (Lipinski definition) is 3. The Morgan fingerprint density at radius 2 is 1.86 bits per heavy atom. The van der Waals surface area contributed by atoms with Crippen molar-refractivity contribution in [3.63, 3.8) is 0 Å². The van der Waals surface area contributed by atoms with Crippen molar-refractivity contribution >= 4 is 22.7 Å². The summed E-state index contributed by atoms with van der Waals surface area (Å²) >= 11 is 0. The molecule has 3 aromatic rings. The van der Waals surface area contributed by atoms with Gasteiger partial charge in [0.15, 0.2) is 17.7 Å². The van der Waals surface area contributed by atoms with Crippen LogP contribution in [0.4, 0.5) is 4.39 Å². The van der Waals surface area contributed by atoms with E-state index >= 15 is 0 Å². The maximum atomic E-state index is 13.6. The number of aromatic nitrogens is 1. The summed E-state index contributed by atoms with van der Waals surface area (Å²) in [7, 11) is 0. The minimum atomic E-state index is -0.955. The normalized spacial score (nSPS) is 11.8. The number of aryl methyl sites for hydroxylation is 1. The second-order valence-electron chi connectivity index (χ2n) is 6.44. The monoisotopic (exact) mass is 383 g/mol. The number of aromatic amines is 1. The van der Waals surface area contributed by atoms with Gasteiger partial charge in [-0.1, -0.05) is 30.3 Å². The molecule has 0 saturated carbocycles. The fourth-order valence-corrected chi connectivity index (χ4v) is 2.86. The fraction of sp³-hybridized carbons (Fsp3) is 0.238. The molecule has 0 bridgehead atoms. The number of ether oxygens (including phenoxy) is 1. The number of para-hydroxylation sites is 2. The first-order valence-corrected chi connectivity index (χ1v) is 9.09. The Labute approximate surface area is 162 Å². The van der Waals surface area contributed by atoms with Crippen LogP contribution in [0, 0.1) is 5.82 Å². The Morgan fingerprint density at radius 3 is 2.68 bits per heavy atom. The first-order valence-electron chi connectivity index (χ1n) is 9.09. The largest absolute Gasteiger partial charge is 0.478 e. The molecular formula is C21H22FN3O3. The van der Waals surface area contributed by atoms with E-state index in [0.29, 0.717) is 6.42 Å². The lowest BCUT2D eigenvalue weighted by molar-refractivity contribution is -0.132. The van der Waals surface area contributed by atoms with E-state index in [1.807, 2.05) is 30.5 Å². The van der Waals surface area contributed by atoms with Gasteiger partial charge in [0, 0.05) is 23.5 Å². The molecule has 28 heavy (non-hydrogen) atoms. The summed E-state index contributed by atoms with van der Waals surface area (Å²) in [5.74, 6) is -1.43. The van der Waals surface area contributed by atoms with Crippen LogP contribution < -0.4 is 15.6 Å². The van der Waals surface area contributed by atoms with Gasteiger partial charge < -0.3 is 9.72 Å². The van der Waals surface area contributed by atoms with Crippen molar-refractivity contribution in [1.82, 2.24) is 15.8 Å². The van der Waals surface area contributed by atoms with Crippen molar-refractivity contribution < 1.29 is 18.7 Å². The molecule has 1 aromatic heterocycles. The Hall–Kier alpha value is -3.35. The maximum absolute atomic E-state index is 13.6. The van der Waals surface area contributed by atoms with Crippen molar-refractivity contribution in [3.8, 4) is 5.75 Å². The van der Waals surface area contributed by atoms with Crippen LogP contribution in [0.2, 0.25) is 0 Å². The fourth-order valence-electron chi connectivity index (χ4n) is 2.86. The smallest absolute Gasteiger partial charge is 0.279 e. The van der Waals surface area contributed by atoms with E-state index in [2.05, 4.69) is 15.8 Å². The number of H-pyrrole nitrogens is 1. The third-order valence-corrected chi connectivity index (χ3v) is 4.36. The Balaban J connectivity index is 1.40. The molecular weight excluding hydrogens is 361 g/mol. The highest BCUT2D eigenvalue weighted by molar-refractivity contribution is 5.85. The Bertz CT molecular complexity index is 970. The molecule has 0 spiro atoms. The minimum absolute atomic E-state index is 0.0183. The summed E-state index contributed by atoms with van der Waals surface area (Å²) in [4.78, 5) is 27.1. The van der Waals surface area contributed by atoms with Gasteiger partial charge in [0.05, 0.1) is 0 Å². The van der Waals surface area contributed by atoms with Gasteiger partial charge in [-0.05, 0) is 43.5 Å². The van der Waals surface area contributed by atoms with Crippen LogP contribution in [0.3, 0.4) is 0 Å². The van der Waals surface area contributed by atoms with Crippen LogP contribution in [0.1, 0.15) is 25.3 Å². The average Bonchev–Trinajstić information content (AvgIpc) is 3.11. The minimum Gasteiger partial charge on any atom is -0.478 e. The Kier molecular flexibility index (Phi) is 6.26. The standard InChI is InChI=1S/C21H22FN3O3/c1-14(28-19-11-5-3-9-17(19)22)21(27)25-24-20(26)12-6-7-15-13-23-18-10-4-2-8-16(15)18/h2-5,8-11,13-14,23H,6-7,12H2,1H3,(H,24,26)(H,25,27). The van der Waals surface area contributed by atoms with Crippen LogP contribution in [0.15, 0.2) is 54.7 Å². The first kappa shape index (κ1) is 19.4. The summed E-state index contributed by atoms with van der Waals surface area (Å²) in [6.07, 6.45) is 2.65. The predicted octanol–water partition coefficient (Wildman–Crippen LogP) is 3.24. The summed E-state index contributed by atoms with van der Waals surface area (Å²) < 4.78 is 18.8. The van der Waals surface area contributed by atoms with Crippen molar-refractivity contribution in [2.24, 2.45) is 0 Å². The third kappa shape index (κ3) is 4.88. The van der Waals surface area contributed by atoms with Gasteiger partial charge in [-0.25, -0.2) is 4.39 Å². The summed E-state index contributed by atoms with van der Waals surface area (Å²) in [6, 6.07) is 13.8. The summed E-state index contributed by atoms with van der Waals surface area (Å²) in [6.45, 7) is 1.48. The highest BCUT2D eigenvalue weighted by atomic mass is 19.1. The number of hydrogen-bond donors (Lipinski definition) is 3. The molecule has 7 heteroatoms. The molecule has 3 N–H and O–H groups in total. The number of rotatable bonds is 7. The number of nitrogens with one attached hydrogen (secondary N) is 3. The molecule has 1 heterocycles. The molecule has 2 amide bonds. The quantitative estimate of drug-likeness (QED) is 0.548. The van der Waals surface area contributed by atoms with E-state index in [9.17, 15) is 14.0 Å². The van der Waals surface area contributed by atoms with Gasteiger partial charge in [-0.2, -0.15) is 0 Å². The molecule has 0 aliphatic rings. The van der Waals surface area contributed by atoms with Gasteiger partial charge in [0.25, 0.3) is 5.91 Å². The van der Waals surface area contributed by atoms with Gasteiger partial charge in [0.1, 0.15) is 0 Å². The summed E-state index contributed by atoms with van der Waals surface area (Å²) in [5.41, 5.74) is 6.88. The molecule has 0 aliphatic heterocycles. The van der Waals surface area contributed by atoms with E-state index in [4.69, 9.17) is 4.74 Å². The van der Waals surface area contributed by atoms with Gasteiger partial charge >= 0.3 is 0 Å². The topological polar surface area (TPSA) is 83.2 Å². The molecule has 2 aromatic carbocycles. The van der Waals surface area contributed by atoms with E-state index in [-0.39, 0.29) is 18.1 Å². The second-order valence-corrected chi connectivity index (χ2v) is 6.44. The van der Waals surface area contributed by atoms with Crippen LogP contribution in [-0.2, 0) is 16.0 Å². The summed E-state index contributed by atoms with van der Waals surface area (Å²) in [5, 5.41) is 1.15. The van der Waals surface area contributed by atoms with Crippen LogP contribution >= 0.6 is 0 Å². The number of halogens is 1. The van der Waals surface area contributed by atoms with E-state index in [1.165, 1.54) is 25.1 Å². The molecule has 1 unspecified atom stereocenters. The van der Waals surface area contributed by atoms with Crippen molar-refractivity contribution in [2.45, 2.75) is 32.3 Å². The van der Waals surface area contributed by atoms with Crippen LogP contribution in [0.5, 0.6) is 5.75 Å². The molecule has 0 saturated heterocycles. The maximum Gasteiger partial charge on any atom is 0.279 e. The molecule has 6 nitrogen and oxygen atoms in total. The first-order chi connectivity index (χ1) is 13.5. The molecule has 3 rings (SSSR count). The third-order valence-electron chi connectivity index (χ3n) is 4.36. The zero-order valence-electron chi connectivity index (χ0n) is 15.5. The molecule has 0 fully saturated rings. The average molecular weight is 383 g/mol. The second kappa shape index (κ2) is 9.03. The number of benzene rings is 2. The van der Waals surface area contributed by atoms with Gasteiger partial charge in [-0.3, -0.25) is 20.4 Å². The SMILES string of the molecule is CC(Oc1ccccc1F)C(=O)NNC(=O)CCCc1c[nH]c2ccccc12. The molecule has 0 radical (unpaired) electrons. The number of amides is 2. The number of carbonyl (C=O) groups excluding carboxylic acids is 2. The Morgan fingerprint density at radius 1 is 1.11 bits per heavy atom. The molecule has 146 valence electrons. The van der Waals surface area contributed by atoms with Gasteiger partial charge in [-0.15, -0.1) is 0 Å². The van der Waals surface area contributed by atoms with Crippen molar-refractivity contribution in [2.75, 3.05) is 0 Å². The zero-order valence-corrected chi connectivity index (χ0v) is 15.5. The van der Waals surface area contributed by atoms with Crippen molar-refractivity contribution in [3.05, 3.63) is 66.1 Å². The lowest BCUT2D eigenvalue weighted by Crippen LogP contribution is -2.47. The van der Waals surface area contributed by atoms with Crippen LogP contribution in [0.25, 0.3) is 10.9 Å². The molecule has 1 atom stereocenters. The van der Waals surface area contributed by atoms with E-state index < -0.39 is 17.8 Å². The highest BCUT2D eigenvalue weighted by Crippen LogP contribution is 2.19. The predicted molar refractivity (Wildman–Crippen MR) is 104 cm³/mol. The zero-order chi connectivity index (χ0) is 19.9. The molecule has 0 aliphatic carbocycles. The van der Waals surface area contributed by atoms with Crippen LogP contribution in [-0.4, -0.2) is 22.9 Å². The lowest BCUT2D eigenvalue weighted by Gasteiger charge is -2.15. The lowest BCUT2D eigenvalue weighted by atomic mass is 10.1. The van der Waals surface area contributed by atoms with Gasteiger partial charge in [0.2, 0.25) is 5.91 Å². The highest BCUT2D eigenvalue weighted by Gasteiger charge is 2.17. The number of carbonyl (C=O) groups is 2.